The number of anilines is 1. The molecule has 0 fully saturated rings. The first-order valence-corrected chi connectivity index (χ1v) is 9.07. The van der Waals surface area contributed by atoms with Crippen molar-refractivity contribution in [2.24, 2.45) is 5.73 Å². The van der Waals surface area contributed by atoms with Gasteiger partial charge in [-0.15, -0.1) is 0 Å². The monoisotopic (exact) mass is 369 g/mol. The van der Waals surface area contributed by atoms with Crippen LogP contribution in [0.1, 0.15) is 42.6 Å². The summed E-state index contributed by atoms with van der Waals surface area (Å²) in [6.07, 6.45) is -0.715. The summed E-state index contributed by atoms with van der Waals surface area (Å²) in [5.41, 5.74) is 7.37. The third kappa shape index (κ3) is 5.82. The van der Waals surface area contributed by atoms with Crippen LogP contribution >= 0.6 is 0 Å². The van der Waals surface area contributed by atoms with Crippen molar-refractivity contribution in [2.45, 2.75) is 32.8 Å². The summed E-state index contributed by atoms with van der Waals surface area (Å²) in [6.45, 7) is 6.59. The van der Waals surface area contributed by atoms with Crippen LogP contribution < -0.4 is 21.1 Å². The van der Waals surface area contributed by atoms with E-state index in [-0.39, 0.29) is 11.8 Å². The molecule has 0 saturated carbocycles. The number of rotatable bonds is 8. The van der Waals surface area contributed by atoms with Crippen LogP contribution in [0.4, 0.5) is 5.69 Å². The van der Waals surface area contributed by atoms with E-state index >= 15 is 0 Å². The third-order valence-corrected chi connectivity index (χ3v) is 4.07. The summed E-state index contributed by atoms with van der Waals surface area (Å²) in [5, 5.41) is 5.47. The Bertz CT molecular complexity index is 790. The summed E-state index contributed by atoms with van der Waals surface area (Å²) in [5.74, 6) is 0.396. The molecule has 0 saturated heterocycles. The standard InChI is InChI=1S/C21H27N3O3/c1-14(2)16-7-6-8-17(13-16)27-15(3)20(25)24-19-10-5-4-9-18(19)21(26)23-12-11-22/h4-10,13-15H,11-12,22H2,1-3H3,(H,23,26)(H,24,25). The Hall–Kier alpha value is -2.86. The highest BCUT2D eigenvalue weighted by atomic mass is 16.5. The minimum absolute atomic E-state index is 0.283. The molecule has 2 aromatic rings. The minimum atomic E-state index is -0.715. The molecule has 0 heterocycles. The van der Waals surface area contributed by atoms with Crippen LogP contribution in [0.5, 0.6) is 5.75 Å². The van der Waals surface area contributed by atoms with Crippen molar-refractivity contribution in [3.05, 3.63) is 59.7 Å². The molecule has 6 heteroatoms. The lowest BCUT2D eigenvalue weighted by atomic mass is 10.0. The Kier molecular flexibility index (Phi) is 7.37. The van der Waals surface area contributed by atoms with Gasteiger partial charge in [0.2, 0.25) is 0 Å². The number of para-hydroxylation sites is 1. The van der Waals surface area contributed by atoms with Gasteiger partial charge >= 0.3 is 0 Å². The number of ether oxygens (including phenoxy) is 1. The summed E-state index contributed by atoms with van der Waals surface area (Å²) in [4.78, 5) is 24.8. The molecule has 0 bridgehead atoms. The smallest absolute Gasteiger partial charge is 0.265 e. The second kappa shape index (κ2) is 9.73. The van der Waals surface area contributed by atoms with Gasteiger partial charge in [0.25, 0.3) is 11.8 Å². The first-order valence-electron chi connectivity index (χ1n) is 9.07. The van der Waals surface area contributed by atoms with Crippen molar-refractivity contribution in [1.29, 1.82) is 0 Å². The number of carbonyl (C=O) groups excluding carboxylic acids is 2. The van der Waals surface area contributed by atoms with E-state index in [1.165, 1.54) is 0 Å². The topological polar surface area (TPSA) is 93.4 Å². The summed E-state index contributed by atoms with van der Waals surface area (Å²) >= 11 is 0. The number of carbonyl (C=O) groups is 2. The van der Waals surface area contributed by atoms with E-state index < -0.39 is 6.10 Å². The molecule has 27 heavy (non-hydrogen) atoms. The van der Waals surface area contributed by atoms with Crippen LogP contribution in [-0.4, -0.2) is 31.0 Å². The van der Waals surface area contributed by atoms with Gasteiger partial charge in [0.15, 0.2) is 6.10 Å². The molecule has 0 aliphatic carbocycles. The molecule has 2 amide bonds. The van der Waals surface area contributed by atoms with Crippen LogP contribution in [0, 0.1) is 0 Å². The second-order valence-corrected chi connectivity index (χ2v) is 6.57. The zero-order valence-corrected chi connectivity index (χ0v) is 16.0. The van der Waals surface area contributed by atoms with Crippen LogP contribution in [-0.2, 0) is 4.79 Å². The van der Waals surface area contributed by atoms with Gasteiger partial charge in [-0.3, -0.25) is 9.59 Å². The van der Waals surface area contributed by atoms with Crippen LogP contribution in [0.15, 0.2) is 48.5 Å². The van der Waals surface area contributed by atoms with Crippen molar-refractivity contribution in [3.63, 3.8) is 0 Å². The molecule has 1 atom stereocenters. The molecule has 0 aliphatic heterocycles. The first-order chi connectivity index (χ1) is 12.9. The second-order valence-electron chi connectivity index (χ2n) is 6.57. The highest BCUT2D eigenvalue weighted by Gasteiger charge is 2.18. The summed E-state index contributed by atoms with van der Waals surface area (Å²) in [6, 6.07) is 14.5. The maximum Gasteiger partial charge on any atom is 0.265 e. The van der Waals surface area contributed by atoms with Crippen molar-refractivity contribution in [2.75, 3.05) is 18.4 Å². The van der Waals surface area contributed by atoms with Crippen molar-refractivity contribution >= 4 is 17.5 Å². The number of nitrogens with one attached hydrogen (secondary N) is 2. The Morgan fingerprint density at radius 3 is 2.52 bits per heavy atom. The zero-order valence-electron chi connectivity index (χ0n) is 16.0. The molecule has 4 N–H and O–H groups in total. The van der Waals surface area contributed by atoms with E-state index in [0.29, 0.717) is 36.0 Å². The third-order valence-electron chi connectivity index (χ3n) is 4.07. The highest BCUT2D eigenvalue weighted by Crippen LogP contribution is 2.21. The molecule has 0 spiro atoms. The zero-order chi connectivity index (χ0) is 19.8. The van der Waals surface area contributed by atoms with Crippen LogP contribution in [0.3, 0.4) is 0 Å². The quantitative estimate of drug-likeness (QED) is 0.667. The van der Waals surface area contributed by atoms with E-state index in [9.17, 15) is 9.59 Å². The number of nitrogens with two attached hydrogens (primary N) is 1. The fraction of sp³-hybridized carbons (Fsp3) is 0.333. The number of amides is 2. The fourth-order valence-electron chi connectivity index (χ4n) is 2.51. The van der Waals surface area contributed by atoms with Gasteiger partial charge in [-0.2, -0.15) is 0 Å². The lowest BCUT2D eigenvalue weighted by molar-refractivity contribution is -0.122. The van der Waals surface area contributed by atoms with Gasteiger partial charge in [-0.05, 0) is 42.7 Å². The maximum absolute atomic E-state index is 12.5. The van der Waals surface area contributed by atoms with Crippen molar-refractivity contribution in [1.82, 2.24) is 5.32 Å². The average Bonchev–Trinajstić information content (AvgIpc) is 2.66. The Morgan fingerprint density at radius 1 is 1.07 bits per heavy atom. The molecule has 0 aromatic heterocycles. The number of benzene rings is 2. The SMILES string of the molecule is CC(Oc1cccc(C(C)C)c1)C(=O)Nc1ccccc1C(=O)NCCN. The molecule has 0 radical (unpaired) electrons. The molecule has 2 rings (SSSR count). The Morgan fingerprint density at radius 2 is 1.81 bits per heavy atom. The van der Waals surface area contributed by atoms with E-state index in [4.69, 9.17) is 10.5 Å². The first kappa shape index (κ1) is 20.5. The summed E-state index contributed by atoms with van der Waals surface area (Å²) < 4.78 is 5.78. The molecular weight excluding hydrogens is 342 g/mol. The van der Waals surface area contributed by atoms with Gasteiger partial charge in [0.1, 0.15) is 5.75 Å². The van der Waals surface area contributed by atoms with E-state index in [1.54, 1.807) is 31.2 Å². The molecule has 1 unspecified atom stereocenters. The largest absolute Gasteiger partial charge is 0.481 e. The van der Waals surface area contributed by atoms with Crippen molar-refractivity contribution < 1.29 is 14.3 Å². The van der Waals surface area contributed by atoms with Crippen molar-refractivity contribution in [3.8, 4) is 5.75 Å². The van der Waals surface area contributed by atoms with Gasteiger partial charge in [0, 0.05) is 13.1 Å². The number of hydrogen-bond acceptors (Lipinski definition) is 4. The van der Waals surface area contributed by atoms with E-state index in [2.05, 4.69) is 24.5 Å². The molecular formula is C21H27N3O3. The van der Waals surface area contributed by atoms with Gasteiger partial charge in [-0.1, -0.05) is 38.1 Å². The maximum atomic E-state index is 12.5. The fourth-order valence-corrected chi connectivity index (χ4v) is 2.51. The average molecular weight is 369 g/mol. The summed E-state index contributed by atoms with van der Waals surface area (Å²) in [7, 11) is 0. The lowest BCUT2D eigenvalue weighted by Crippen LogP contribution is -2.33. The van der Waals surface area contributed by atoms with Gasteiger partial charge in [-0.25, -0.2) is 0 Å². The molecule has 144 valence electrons. The minimum Gasteiger partial charge on any atom is -0.481 e. The Balaban J connectivity index is 2.06. The molecule has 6 nitrogen and oxygen atoms in total. The number of hydrogen-bond donors (Lipinski definition) is 3. The van der Waals surface area contributed by atoms with Crippen LogP contribution in [0.2, 0.25) is 0 Å². The normalized spacial score (nSPS) is 11.7. The van der Waals surface area contributed by atoms with E-state index in [1.807, 2.05) is 24.3 Å². The lowest BCUT2D eigenvalue weighted by Gasteiger charge is -2.17. The van der Waals surface area contributed by atoms with Gasteiger partial charge in [0.05, 0.1) is 11.3 Å². The molecule has 0 aliphatic rings. The predicted octanol–water partition coefficient (Wildman–Crippen LogP) is 2.90. The molecule has 2 aromatic carbocycles. The predicted molar refractivity (Wildman–Crippen MR) is 107 cm³/mol. The highest BCUT2D eigenvalue weighted by molar-refractivity contribution is 6.04. The van der Waals surface area contributed by atoms with Gasteiger partial charge < -0.3 is 21.1 Å². The Labute approximate surface area is 160 Å². The van der Waals surface area contributed by atoms with E-state index in [0.717, 1.165) is 5.56 Å². The van der Waals surface area contributed by atoms with Crippen LogP contribution in [0.25, 0.3) is 0 Å².